The Labute approximate surface area is 164 Å². The summed E-state index contributed by atoms with van der Waals surface area (Å²) in [5.41, 5.74) is -2.54. The number of ether oxygens (including phenoxy) is 2. The summed E-state index contributed by atoms with van der Waals surface area (Å²) in [5, 5.41) is 10.7. The number of alkyl halides is 3. The van der Waals surface area contributed by atoms with Gasteiger partial charge < -0.3 is 19.5 Å². The molecule has 0 spiro atoms. The average molecular weight is 402 g/mol. The van der Waals surface area contributed by atoms with Gasteiger partial charge in [-0.2, -0.15) is 13.2 Å². The summed E-state index contributed by atoms with van der Waals surface area (Å²) in [6.07, 6.45) is -0.299. The van der Waals surface area contributed by atoms with Crippen LogP contribution in [0.2, 0.25) is 0 Å². The number of hydrogen-bond acceptors (Lipinski definition) is 4. The molecule has 0 saturated heterocycles. The Morgan fingerprint density at radius 3 is 2.46 bits per heavy atom. The molecule has 28 heavy (non-hydrogen) atoms. The van der Waals surface area contributed by atoms with Gasteiger partial charge in [-0.15, -0.1) is 0 Å². The number of nitrogens with zero attached hydrogens (tertiary/aromatic N) is 2. The fourth-order valence-corrected chi connectivity index (χ4v) is 3.16. The maximum absolute atomic E-state index is 13.9. The van der Waals surface area contributed by atoms with Crippen LogP contribution in [-0.4, -0.2) is 55.9 Å². The van der Waals surface area contributed by atoms with Gasteiger partial charge in [-0.25, -0.2) is 4.99 Å². The summed E-state index contributed by atoms with van der Waals surface area (Å²) in [6, 6.07) is 2.69. The minimum atomic E-state index is -4.92. The van der Waals surface area contributed by atoms with Crippen LogP contribution in [0, 0.1) is 6.92 Å². The first kappa shape index (κ1) is 22.5. The van der Waals surface area contributed by atoms with Crippen molar-refractivity contribution < 1.29 is 27.8 Å². The monoisotopic (exact) mass is 402 g/mol. The van der Waals surface area contributed by atoms with Crippen molar-refractivity contribution >= 4 is 12.0 Å². The molecule has 8 heteroatoms. The van der Waals surface area contributed by atoms with E-state index in [0.29, 0.717) is 24.1 Å². The van der Waals surface area contributed by atoms with E-state index in [2.05, 4.69) is 4.99 Å². The number of aliphatic imine (C=N–C) groups is 1. The lowest BCUT2D eigenvalue weighted by Crippen LogP contribution is -2.47. The Kier molecular flexibility index (Phi) is 7.33. The van der Waals surface area contributed by atoms with Crippen LogP contribution in [0.1, 0.15) is 43.7 Å². The largest absolute Gasteiger partial charge is 0.496 e. The molecule has 1 aromatic carbocycles. The van der Waals surface area contributed by atoms with Crippen molar-refractivity contribution in [3.63, 3.8) is 0 Å². The number of methoxy groups -OCH3 is 1. The zero-order valence-electron chi connectivity index (χ0n) is 16.8. The molecule has 0 heterocycles. The molecule has 158 valence electrons. The third kappa shape index (κ3) is 4.97. The third-order valence-electron chi connectivity index (χ3n) is 5.16. The molecular weight excluding hydrogens is 373 g/mol. The van der Waals surface area contributed by atoms with E-state index in [-0.39, 0.29) is 17.4 Å². The molecule has 1 aliphatic rings. The van der Waals surface area contributed by atoms with E-state index in [1.807, 2.05) is 18.9 Å². The lowest BCUT2D eigenvalue weighted by Gasteiger charge is -2.33. The normalized spacial score (nSPS) is 17.9. The van der Waals surface area contributed by atoms with Gasteiger partial charge in [-0.05, 0) is 38.3 Å². The van der Waals surface area contributed by atoms with Crippen LogP contribution in [0.15, 0.2) is 17.1 Å². The molecule has 1 fully saturated rings. The van der Waals surface area contributed by atoms with Crippen molar-refractivity contribution in [2.24, 2.45) is 4.99 Å². The fourth-order valence-electron chi connectivity index (χ4n) is 3.16. The van der Waals surface area contributed by atoms with Crippen LogP contribution in [-0.2, 0) is 10.3 Å². The van der Waals surface area contributed by atoms with Gasteiger partial charge in [0.1, 0.15) is 5.75 Å². The molecule has 2 rings (SSSR count). The predicted molar refractivity (Wildman–Crippen MR) is 102 cm³/mol. The molecule has 5 nitrogen and oxygen atoms in total. The molecule has 1 unspecified atom stereocenters. The Balaban J connectivity index is 2.41. The van der Waals surface area contributed by atoms with Gasteiger partial charge in [0.25, 0.3) is 0 Å². The second-order valence-corrected chi connectivity index (χ2v) is 7.23. The molecule has 1 saturated carbocycles. The predicted octanol–water partition coefficient (Wildman–Crippen LogP) is 4.32. The van der Waals surface area contributed by atoms with Crippen LogP contribution < -0.4 is 4.74 Å². The summed E-state index contributed by atoms with van der Waals surface area (Å²) >= 11 is 0. The Morgan fingerprint density at radius 1 is 1.29 bits per heavy atom. The highest BCUT2D eigenvalue weighted by Gasteiger charge is 2.57. The summed E-state index contributed by atoms with van der Waals surface area (Å²) in [5.74, 6) is -0.0771. The van der Waals surface area contributed by atoms with Crippen molar-refractivity contribution in [1.82, 2.24) is 4.90 Å². The fraction of sp³-hybridized carbons (Fsp3) is 0.650. The highest BCUT2D eigenvalue weighted by Crippen LogP contribution is 2.45. The quantitative estimate of drug-likeness (QED) is 0.520. The Hall–Kier alpha value is -1.80. The van der Waals surface area contributed by atoms with E-state index in [0.717, 1.165) is 19.4 Å². The topological polar surface area (TPSA) is 54.3 Å². The zero-order valence-corrected chi connectivity index (χ0v) is 16.8. The first-order valence-electron chi connectivity index (χ1n) is 9.46. The molecule has 0 radical (unpaired) electrons. The van der Waals surface area contributed by atoms with Crippen molar-refractivity contribution in [2.45, 2.75) is 57.4 Å². The smallest absolute Gasteiger partial charge is 0.423 e. The Bertz CT molecular complexity index is 688. The number of rotatable bonds is 8. The van der Waals surface area contributed by atoms with Crippen LogP contribution in [0.4, 0.5) is 18.9 Å². The number of aryl methyl sites for hydroxylation is 1. The van der Waals surface area contributed by atoms with Gasteiger partial charge >= 0.3 is 6.18 Å². The van der Waals surface area contributed by atoms with E-state index >= 15 is 0 Å². The number of aliphatic hydroxyl groups is 1. The zero-order chi connectivity index (χ0) is 20.9. The van der Waals surface area contributed by atoms with E-state index in [1.165, 1.54) is 19.2 Å². The average Bonchev–Trinajstić information content (AvgIpc) is 3.17. The van der Waals surface area contributed by atoms with Crippen LogP contribution in [0.25, 0.3) is 0 Å². The molecule has 1 atom stereocenters. The number of benzene rings is 1. The van der Waals surface area contributed by atoms with Gasteiger partial charge in [-0.3, -0.25) is 0 Å². The minimum Gasteiger partial charge on any atom is -0.496 e. The Morgan fingerprint density at radius 2 is 1.93 bits per heavy atom. The van der Waals surface area contributed by atoms with E-state index in [1.54, 1.807) is 13.3 Å². The van der Waals surface area contributed by atoms with Crippen molar-refractivity contribution in [3.8, 4) is 5.75 Å². The van der Waals surface area contributed by atoms with Crippen molar-refractivity contribution in [3.05, 3.63) is 23.3 Å². The first-order valence-corrected chi connectivity index (χ1v) is 9.46. The van der Waals surface area contributed by atoms with Crippen LogP contribution in [0.3, 0.4) is 0 Å². The highest BCUT2D eigenvalue weighted by atomic mass is 19.4. The molecule has 1 N–H and O–H groups in total. The van der Waals surface area contributed by atoms with Gasteiger partial charge in [0, 0.05) is 25.2 Å². The van der Waals surface area contributed by atoms with Gasteiger partial charge in [0.15, 0.2) is 0 Å². The van der Waals surface area contributed by atoms with Crippen molar-refractivity contribution in [2.75, 3.05) is 27.3 Å². The molecular formula is C20H29F3N2O3. The van der Waals surface area contributed by atoms with E-state index in [4.69, 9.17) is 9.47 Å². The van der Waals surface area contributed by atoms with Gasteiger partial charge in [0.2, 0.25) is 5.60 Å². The number of hydrogen-bond donors (Lipinski definition) is 1. The second kappa shape index (κ2) is 9.13. The second-order valence-electron chi connectivity index (χ2n) is 7.23. The lowest BCUT2D eigenvalue weighted by atomic mass is 9.91. The molecule has 0 amide bonds. The minimum absolute atomic E-state index is 0.0771. The lowest BCUT2D eigenvalue weighted by molar-refractivity contribution is -0.285. The summed E-state index contributed by atoms with van der Waals surface area (Å²) < 4.78 is 52.3. The molecule has 0 bridgehead atoms. The maximum atomic E-state index is 13.9. The molecule has 1 aromatic rings. The van der Waals surface area contributed by atoms with Crippen LogP contribution >= 0.6 is 0 Å². The summed E-state index contributed by atoms with van der Waals surface area (Å²) in [4.78, 5) is 6.14. The standard InChI is InChI=1S/C20H29F3N2O3/c1-5-25(3)13-24-17-11-18(27-4)16(10-14(17)2)19(26,20(21,22)23)12-28-15-8-6-7-9-15/h10-11,13,15,26H,5-9,12H2,1-4H3. The SMILES string of the molecule is CCN(C)C=Nc1cc(OC)c(C(O)(COC2CCCC2)C(F)(F)F)cc1C. The van der Waals surface area contributed by atoms with Gasteiger partial charge in [-0.1, -0.05) is 12.8 Å². The molecule has 0 aliphatic heterocycles. The van der Waals surface area contributed by atoms with Crippen LogP contribution in [0.5, 0.6) is 5.75 Å². The van der Waals surface area contributed by atoms with E-state index < -0.39 is 18.4 Å². The molecule has 0 aromatic heterocycles. The first-order chi connectivity index (χ1) is 13.1. The van der Waals surface area contributed by atoms with Gasteiger partial charge in [0.05, 0.1) is 31.8 Å². The van der Waals surface area contributed by atoms with Crippen molar-refractivity contribution in [1.29, 1.82) is 0 Å². The highest BCUT2D eigenvalue weighted by molar-refractivity contribution is 5.65. The number of halogens is 3. The maximum Gasteiger partial charge on any atom is 0.423 e. The summed E-state index contributed by atoms with van der Waals surface area (Å²) in [6.45, 7) is 3.48. The molecule has 1 aliphatic carbocycles. The summed E-state index contributed by atoms with van der Waals surface area (Å²) in [7, 11) is 3.11. The third-order valence-corrected chi connectivity index (χ3v) is 5.16. The van der Waals surface area contributed by atoms with E-state index in [9.17, 15) is 18.3 Å².